The molecular formula is C16H16BrNO. The normalized spacial score (nSPS) is 17.5. The Morgan fingerprint density at radius 3 is 2.68 bits per heavy atom. The summed E-state index contributed by atoms with van der Waals surface area (Å²) in [6.45, 7) is 0. The van der Waals surface area contributed by atoms with Crippen molar-refractivity contribution >= 4 is 21.6 Å². The highest BCUT2D eigenvalue weighted by atomic mass is 79.9. The molecule has 1 N–H and O–H groups in total. The number of halogens is 1. The van der Waals surface area contributed by atoms with Crippen molar-refractivity contribution in [3.63, 3.8) is 0 Å². The molecule has 2 aromatic carbocycles. The Labute approximate surface area is 121 Å². The minimum atomic E-state index is 0.382. The highest BCUT2D eigenvalue weighted by Crippen LogP contribution is 2.36. The van der Waals surface area contributed by atoms with E-state index >= 15 is 0 Å². The van der Waals surface area contributed by atoms with Gasteiger partial charge in [-0.25, -0.2) is 0 Å². The van der Waals surface area contributed by atoms with Gasteiger partial charge in [0, 0.05) is 10.2 Å². The van der Waals surface area contributed by atoms with E-state index < -0.39 is 0 Å². The predicted molar refractivity (Wildman–Crippen MR) is 81.8 cm³/mol. The number of fused-ring (bicyclic) bond motifs is 1. The molecule has 0 spiro atoms. The van der Waals surface area contributed by atoms with Gasteiger partial charge in [0.05, 0.1) is 13.2 Å². The summed E-state index contributed by atoms with van der Waals surface area (Å²) in [5.41, 5.74) is 3.93. The molecule has 1 aliphatic heterocycles. The monoisotopic (exact) mass is 317 g/mol. The van der Waals surface area contributed by atoms with E-state index in [9.17, 15) is 0 Å². The van der Waals surface area contributed by atoms with E-state index in [1.807, 2.05) is 12.1 Å². The lowest BCUT2D eigenvalue weighted by molar-refractivity contribution is 0.414. The van der Waals surface area contributed by atoms with E-state index in [1.54, 1.807) is 7.11 Å². The number of ether oxygens (including phenoxy) is 1. The molecule has 0 fully saturated rings. The maximum Gasteiger partial charge on any atom is 0.118 e. The van der Waals surface area contributed by atoms with E-state index in [1.165, 1.54) is 21.3 Å². The summed E-state index contributed by atoms with van der Waals surface area (Å²) in [5.74, 6) is 0.905. The molecule has 19 heavy (non-hydrogen) atoms. The van der Waals surface area contributed by atoms with Gasteiger partial charge in [0.25, 0.3) is 0 Å². The maximum atomic E-state index is 5.20. The van der Waals surface area contributed by atoms with Gasteiger partial charge in [-0.3, -0.25) is 0 Å². The molecule has 1 unspecified atom stereocenters. The lowest BCUT2D eigenvalue weighted by Gasteiger charge is -2.28. The third-order valence-electron chi connectivity index (χ3n) is 3.65. The van der Waals surface area contributed by atoms with Gasteiger partial charge in [0.15, 0.2) is 0 Å². The van der Waals surface area contributed by atoms with E-state index in [4.69, 9.17) is 4.74 Å². The van der Waals surface area contributed by atoms with Gasteiger partial charge in [-0.2, -0.15) is 0 Å². The van der Waals surface area contributed by atoms with E-state index in [2.05, 4.69) is 51.6 Å². The van der Waals surface area contributed by atoms with Crippen LogP contribution in [0, 0.1) is 0 Å². The fourth-order valence-corrected chi connectivity index (χ4v) is 3.15. The molecule has 0 amide bonds. The first-order valence-electron chi connectivity index (χ1n) is 6.46. The molecule has 98 valence electrons. The molecule has 1 aliphatic rings. The van der Waals surface area contributed by atoms with Crippen molar-refractivity contribution in [3.05, 3.63) is 58.1 Å². The number of benzene rings is 2. The second-order valence-electron chi connectivity index (χ2n) is 4.77. The SMILES string of the molecule is COc1ccc(C2CCc3c(Br)cccc3N2)cc1. The zero-order chi connectivity index (χ0) is 13.2. The Hall–Kier alpha value is -1.48. The minimum Gasteiger partial charge on any atom is -0.497 e. The van der Waals surface area contributed by atoms with Gasteiger partial charge in [-0.1, -0.05) is 34.1 Å². The summed E-state index contributed by atoms with van der Waals surface area (Å²) < 4.78 is 6.40. The standard InChI is InChI=1S/C16H16BrNO/c1-19-12-7-5-11(6-8-12)15-10-9-13-14(17)3-2-4-16(13)18-15/h2-8,15,18H,9-10H2,1H3. The Balaban J connectivity index is 1.85. The molecule has 0 radical (unpaired) electrons. The van der Waals surface area contributed by atoms with Crippen molar-refractivity contribution in [2.24, 2.45) is 0 Å². The topological polar surface area (TPSA) is 21.3 Å². The summed E-state index contributed by atoms with van der Waals surface area (Å²) in [4.78, 5) is 0. The summed E-state index contributed by atoms with van der Waals surface area (Å²) in [7, 11) is 1.70. The number of hydrogen-bond donors (Lipinski definition) is 1. The molecule has 0 saturated heterocycles. The largest absolute Gasteiger partial charge is 0.497 e. The van der Waals surface area contributed by atoms with Gasteiger partial charge in [-0.05, 0) is 48.2 Å². The molecule has 0 aliphatic carbocycles. The first-order valence-corrected chi connectivity index (χ1v) is 7.25. The van der Waals surface area contributed by atoms with E-state index in [0.717, 1.165) is 18.6 Å². The summed E-state index contributed by atoms with van der Waals surface area (Å²) >= 11 is 3.62. The van der Waals surface area contributed by atoms with Gasteiger partial charge >= 0.3 is 0 Å². The number of methoxy groups -OCH3 is 1. The second-order valence-corrected chi connectivity index (χ2v) is 5.63. The minimum absolute atomic E-state index is 0.382. The average molecular weight is 318 g/mol. The van der Waals surface area contributed by atoms with Crippen LogP contribution in [0.4, 0.5) is 5.69 Å². The lowest BCUT2D eigenvalue weighted by Crippen LogP contribution is -2.18. The molecule has 2 nitrogen and oxygen atoms in total. The lowest BCUT2D eigenvalue weighted by atomic mass is 9.93. The molecule has 1 atom stereocenters. The third kappa shape index (κ3) is 2.47. The summed E-state index contributed by atoms with van der Waals surface area (Å²) in [6.07, 6.45) is 2.21. The third-order valence-corrected chi connectivity index (χ3v) is 4.39. The second kappa shape index (κ2) is 5.25. The van der Waals surface area contributed by atoms with Crippen LogP contribution in [-0.4, -0.2) is 7.11 Å². The summed E-state index contributed by atoms with van der Waals surface area (Å²) in [6, 6.07) is 15.0. The van der Waals surface area contributed by atoms with Crippen LogP contribution in [0.3, 0.4) is 0 Å². The van der Waals surface area contributed by atoms with Crippen molar-refractivity contribution < 1.29 is 4.74 Å². The van der Waals surface area contributed by atoms with Crippen molar-refractivity contribution in [2.45, 2.75) is 18.9 Å². The van der Waals surface area contributed by atoms with Crippen LogP contribution in [0.5, 0.6) is 5.75 Å². The van der Waals surface area contributed by atoms with Crippen LogP contribution in [0.2, 0.25) is 0 Å². The highest BCUT2D eigenvalue weighted by Gasteiger charge is 2.20. The van der Waals surface area contributed by atoms with Gasteiger partial charge < -0.3 is 10.1 Å². The predicted octanol–water partition coefficient (Wildman–Crippen LogP) is 4.56. The fraction of sp³-hybridized carbons (Fsp3) is 0.250. The van der Waals surface area contributed by atoms with Gasteiger partial charge in [0.1, 0.15) is 5.75 Å². The van der Waals surface area contributed by atoms with Gasteiger partial charge in [0.2, 0.25) is 0 Å². The molecule has 0 aromatic heterocycles. The van der Waals surface area contributed by atoms with E-state index in [0.29, 0.717) is 6.04 Å². The maximum absolute atomic E-state index is 5.20. The van der Waals surface area contributed by atoms with Crippen LogP contribution in [-0.2, 0) is 6.42 Å². The van der Waals surface area contributed by atoms with Crippen molar-refractivity contribution in [2.75, 3.05) is 12.4 Å². The van der Waals surface area contributed by atoms with Crippen LogP contribution in [0.1, 0.15) is 23.6 Å². The Bertz CT molecular complexity index is 580. The molecule has 0 bridgehead atoms. The van der Waals surface area contributed by atoms with Gasteiger partial charge in [-0.15, -0.1) is 0 Å². The molecule has 3 rings (SSSR count). The zero-order valence-electron chi connectivity index (χ0n) is 10.8. The number of anilines is 1. The Morgan fingerprint density at radius 1 is 1.16 bits per heavy atom. The first kappa shape index (κ1) is 12.5. The molecular weight excluding hydrogens is 302 g/mol. The zero-order valence-corrected chi connectivity index (χ0v) is 12.4. The van der Waals surface area contributed by atoms with Crippen LogP contribution in [0.25, 0.3) is 0 Å². The number of rotatable bonds is 2. The highest BCUT2D eigenvalue weighted by molar-refractivity contribution is 9.10. The van der Waals surface area contributed by atoms with Crippen molar-refractivity contribution in [1.82, 2.24) is 0 Å². The first-order chi connectivity index (χ1) is 9.28. The average Bonchev–Trinajstić information content (AvgIpc) is 2.47. The molecule has 1 heterocycles. The smallest absolute Gasteiger partial charge is 0.118 e. The fourth-order valence-electron chi connectivity index (χ4n) is 2.58. The van der Waals surface area contributed by atoms with Crippen LogP contribution in [0.15, 0.2) is 46.9 Å². The van der Waals surface area contributed by atoms with Crippen molar-refractivity contribution in [3.8, 4) is 5.75 Å². The molecule has 0 saturated carbocycles. The Morgan fingerprint density at radius 2 is 1.95 bits per heavy atom. The summed E-state index contributed by atoms with van der Waals surface area (Å²) in [5, 5.41) is 3.62. The molecule has 2 aromatic rings. The van der Waals surface area contributed by atoms with Crippen LogP contribution >= 0.6 is 15.9 Å². The van der Waals surface area contributed by atoms with Crippen molar-refractivity contribution in [1.29, 1.82) is 0 Å². The molecule has 3 heteroatoms. The quantitative estimate of drug-likeness (QED) is 0.876. The van der Waals surface area contributed by atoms with E-state index in [-0.39, 0.29) is 0 Å². The van der Waals surface area contributed by atoms with Crippen LogP contribution < -0.4 is 10.1 Å². The number of nitrogens with one attached hydrogen (secondary N) is 1. The Kier molecular flexibility index (Phi) is 3.47. The number of hydrogen-bond acceptors (Lipinski definition) is 2.